The second-order valence-corrected chi connectivity index (χ2v) is 4.87. The molecule has 0 saturated heterocycles. The number of hydrogen-bond donors (Lipinski definition) is 1. The number of aliphatic hydroxyl groups is 1. The summed E-state index contributed by atoms with van der Waals surface area (Å²) in [6, 6.07) is 0. The van der Waals surface area contributed by atoms with Crippen molar-refractivity contribution in [2.24, 2.45) is 5.92 Å². The van der Waals surface area contributed by atoms with Gasteiger partial charge in [0.05, 0.1) is 6.61 Å². The third-order valence-electron chi connectivity index (χ3n) is 3.97. The summed E-state index contributed by atoms with van der Waals surface area (Å²) in [5.74, 6) is 1.32. The molecule has 1 aromatic rings. The zero-order valence-corrected chi connectivity index (χ0v) is 10.6. The smallest absolute Gasteiger partial charge is 0.125 e. The minimum Gasteiger partial charge on any atom is -0.493 e. The van der Waals surface area contributed by atoms with Crippen LogP contribution in [0, 0.1) is 33.6 Å². The molecular weight excluding hydrogens is 200 g/mol. The average molecular weight is 220 g/mol. The number of benzene rings is 1. The van der Waals surface area contributed by atoms with Crippen LogP contribution in [0.2, 0.25) is 0 Å². The Morgan fingerprint density at radius 2 is 1.69 bits per heavy atom. The molecule has 1 aliphatic heterocycles. The maximum atomic E-state index is 9.22. The Labute approximate surface area is 97.3 Å². The van der Waals surface area contributed by atoms with E-state index in [1.54, 1.807) is 0 Å². The lowest BCUT2D eigenvalue weighted by atomic mass is 9.87. The van der Waals surface area contributed by atoms with Crippen molar-refractivity contribution in [3.63, 3.8) is 0 Å². The van der Waals surface area contributed by atoms with E-state index < -0.39 is 0 Å². The van der Waals surface area contributed by atoms with Crippen LogP contribution in [-0.4, -0.2) is 18.3 Å². The summed E-state index contributed by atoms with van der Waals surface area (Å²) in [4.78, 5) is 0. The van der Waals surface area contributed by atoms with Crippen LogP contribution < -0.4 is 4.74 Å². The molecule has 0 aliphatic carbocycles. The van der Waals surface area contributed by atoms with E-state index in [9.17, 15) is 5.11 Å². The fraction of sp³-hybridized carbons (Fsp3) is 0.571. The van der Waals surface area contributed by atoms with Gasteiger partial charge in [0, 0.05) is 12.5 Å². The van der Waals surface area contributed by atoms with Crippen LogP contribution in [0.15, 0.2) is 0 Å². The summed E-state index contributed by atoms with van der Waals surface area (Å²) in [6.45, 7) is 9.46. The van der Waals surface area contributed by atoms with Crippen molar-refractivity contribution in [1.82, 2.24) is 0 Å². The molecule has 0 amide bonds. The van der Waals surface area contributed by atoms with Gasteiger partial charge in [-0.15, -0.1) is 0 Å². The molecule has 1 heterocycles. The first kappa shape index (κ1) is 11.5. The van der Waals surface area contributed by atoms with Crippen molar-refractivity contribution in [1.29, 1.82) is 0 Å². The maximum Gasteiger partial charge on any atom is 0.125 e. The highest BCUT2D eigenvalue weighted by molar-refractivity contribution is 5.54. The Morgan fingerprint density at radius 1 is 1.06 bits per heavy atom. The van der Waals surface area contributed by atoms with Crippen molar-refractivity contribution in [2.75, 3.05) is 13.2 Å². The molecule has 16 heavy (non-hydrogen) atoms. The highest BCUT2D eigenvalue weighted by atomic mass is 16.5. The minimum atomic E-state index is 0.213. The van der Waals surface area contributed by atoms with Gasteiger partial charge in [-0.3, -0.25) is 0 Å². The Kier molecular flexibility index (Phi) is 2.94. The van der Waals surface area contributed by atoms with Gasteiger partial charge in [-0.25, -0.2) is 0 Å². The molecule has 1 unspecified atom stereocenters. The van der Waals surface area contributed by atoms with Gasteiger partial charge in [0.1, 0.15) is 5.75 Å². The van der Waals surface area contributed by atoms with Crippen molar-refractivity contribution in [3.05, 3.63) is 27.8 Å². The van der Waals surface area contributed by atoms with E-state index in [2.05, 4.69) is 27.7 Å². The zero-order chi connectivity index (χ0) is 11.9. The largest absolute Gasteiger partial charge is 0.493 e. The van der Waals surface area contributed by atoms with Gasteiger partial charge in [-0.05, 0) is 61.9 Å². The topological polar surface area (TPSA) is 29.5 Å². The lowest BCUT2D eigenvalue weighted by molar-refractivity contribution is 0.145. The number of rotatable bonds is 1. The third-order valence-corrected chi connectivity index (χ3v) is 3.97. The van der Waals surface area contributed by atoms with E-state index in [1.807, 2.05) is 0 Å². The summed E-state index contributed by atoms with van der Waals surface area (Å²) < 4.78 is 5.81. The van der Waals surface area contributed by atoms with Crippen LogP contribution in [0.5, 0.6) is 5.75 Å². The van der Waals surface area contributed by atoms with Gasteiger partial charge >= 0.3 is 0 Å². The number of aliphatic hydroxyl groups excluding tert-OH is 1. The summed E-state index contributed by atoms with van der Waals surface area (Å²) in [5.41, 5.74) is 6.58. The molecule has 0 radical (unpaired) electrons. The normalized spacial score (nSPS) is 19.2. The molecule has 0 aromatic heterocycles. The molecule has 2 rings (SSSR count). The van der Waals surface area contributed by atoms with Gasteiger partial charge < -0.3 is 9.84 Å². The monoisotopic (exact) mass is 220 g/mol. The molecule has 2 nitrogen and oxygen atoms in total. The Bertz CT molecular complexity index is 421. The number of ether oxygens (including phenoxy) is 1. The number of fused-ring (bicyclic) bond motifs is 1. The molecule has 0 bridgehead atoms. The van der Waals surface area contributed by atoms with Crippen LogP contribution >= 0.6 is 0 Å². The van der Waals surface area contributed by atoms with E-state index >= 15 is 0 Å². The second-order valence-electron chi connectivity index (χ2n) is 4.87. The molecular formula is C14H20O2. The standard InChI is InChI=1S/C14H20O2/c1-8-9(2)11(4)14-13(10(8)3)5-12(6-15)7-16-14/h12,15H,5-7H2,1-4H3. The van der Waals surface area contributed by atoms with Gasteiger partial charge in [-0.1, -0.05) is 0 Å². The summed E-state index contributed by atoms with van der Waals surface area (Å²) in [6.07, 6.45) is 0.944. The lowest BCUT2D eigenvalue weighted by Gasteiger charge is -2.29. The van der Waals surface area contributed by atoms with Crippen LogP contribution in [-0.2, 0) is 6.42 Å². The SMILES string of the molecule is Cc1c(C)c(C)c2c(c1C)CC(CO)CO2. The first-order chi connectivity index (χ1) is 7.56. The van der Waals surface area contributed by atoms with Crippen LogP contribution in [0.1, 0.15) is 27.8 Å². The second kappa shape index (κ2) is 4.10. The van der Waals surface area contributed by atoms with Crippen LogP contribution in [0.25, 0.3) is 0 Å². The molecule has 0 saturated carbocycles. The Balaban J connectivity index is 2.56. The maximum absolute atomic E-state index is 9.22. The quantitative estimate of drug-likeness (QED) is 0.787. The average Bonchev–Trinajstić information content (AvgIpc) is 2.33. The Hall–Kier alpha value is -1.02. The van der Waals surface area contributed by atoms with E-state index in [0.29, 0.717) is 6.61 Å². The first-order valence-corrected chi connectivity index (χ1v) is 5.89. The van der Waals surface area contributed by atoms with E-state index in [4.69, 9.17) is 4.74 Å². The van der Waals surface area contributed by atoms with Crippen molar-refractivity contribution in [3.8, 4) is 5.75 Å². The first-order valence-electron chi connectivity index (χ1n) is 5.89. The van der Waals surface area contributed by atoms with E-state index in [0.717, 1.165) is 12.2 Å². The van der Waals surface area contributed by atoms with E-state index in [-0.39, 0.29) is 12.5 Å². The molecule has 2 heteroatoms. The zero-order valence-electron chi connectivity index (χ0n) is 10.6. The third kappa shape index (κ3) is 1.61. The van der Waals surface area contributed by atoms with Gasteiger partial charge in [-0.2, -0.15) is 0 Å². The van der Waals surface area contributed by atoms with Crippen molar-refractivity contribution < 1.29 is 9.84 Å². The van der Waals surface area contributed by atoms with Gasteiger partial charge in [0.15, 0.2) is 0 Å². The fourth-order valence-electron chi connectivity index (χ4n) is 2.46. The summed E-state index contributed by atoms with van der Waals surface area (Å²) >= 11 is 0. The highest BCUT2D eigenvalue weighted by Crippen LogP contribution is 2.37. The minimum absolute atomic E-state index is 0.213. The Morgan fingerprint density at radius 3 is 2.31 bits per heavy atom. The van der Waals surface area contributed by atoms with Crippen LogP contribution in [0.3, 0.4) is 0 Å². The van der Waals surface area contributed by atoms with Gasteiger partial charge in [0.2, 0.25) is 0 Å². The molecule has 88 valence electrons. The van der Waals surface area contributed by atoms with Crippen molar-refractivity contribution in [2.45, 2.75) is 34.1 Å². The summed E-state index contributed by atoms with van der Waals surface area (Å²) in [5, 5.41) is 9.22. The molecule has 1 atom stereocenters. The highest BCUT2D eigenvalue weighted by Gasteiger charge is 2.24. The molecule has 1 aliphatic rings. The van der Waals surface area contributed by atoms with Gasteiger partial charge in [0.25, 0.3) is 0 Å². The predicted octanol–water partition coefficient (Wildman–Crippen LogP) is 2.46. The predicted molar refractivity (Wildman–Crippen MR) is 65.2 cm³/mol. The van der Waals surface area contributed by atoms with Crippen LogP contribution in [0.4, 0.5) is 0 Å². The molecule has 1 aromatic carbocycles. The molecule has 0 spiro atoms. The van der Waals surface area contributed by atoms with Crippen molar-refractivity contribution >= 4 is 0 Å². The number of hydrogen-bond acceptors (Lipinski definition) is 2. The fourth-order valence-corrected chi connectivity index (χ4v) is 2.46. The summed E-state index contributed by atoms with van der Waals surface area (Å²) in [7, 11) is 0. The molecule has 1 N–H and O–H groups in total. The van der Waals surface area contributed by atoms with E-state index in [1.165, 1.54) is 27.8 Å². The lowest BCUT2D eigenvalue weighted by Crippen LogP contribution is -2.25. The molecule has 0 fully saturated rings.